The number of ether oxygens (including phenoxy) is 1. The number of hydrogen-bond acceptors (Lipinski definition) is 11. The standard InChI is InChI=1S/C12H13N3O3.C11H11N3O3/c1-15(7-9-5-3-4-6-13-9)12-14-10(8-18-12)11(16)17-2;1-14(6-8-4-2-3-5-12-8)11-13-9(7-17-11)10(15)16/h3-6,8H,7H2,1-2H3;2-5,7H,6H2,1H3,(H,15,16). The highest BCUT2D eigenvalue weighted by atomic mass is 16.5. The molecule has 0 radical (unpaired) electrons. The van der Waals surface area contributed by atoms with Crippen molar-refractivity contribution in [2.24, 2.45) is 0 Å². The summed E-state index contributed by atoms with van der Waals surface area (Å²) in [6.07, 6.45) is 5.81. The van der Waals surface area contributed by atoms with E-state index in [-0.39, 0.29) is 17.4 Å². The second kappa shape index (κ2) is 11.9. The minimum atomic E-state index is -1.11. The maximum absolute atomic E-state index is 11.2. The van der Waals surface area contributed by atoms with Gasteiger partial charge in [0.2, 0.25) is 0 Å². The van der Waals surface area contributed by atoms with Crippen LogP contribution in [0, 0.1) is 0 Å². The van der Waals surface area contributed by atoms with Gasteiger partial charge in [0.15, 0.2) is 11.4 Å². The monoisotopic (exact) mass is 480 g/mol. The summed E-state index contributed by atoms with van der Waals surface area (Å²) in [6, 6.07) is 11.9. The number of pyridine rings is 2. The maximum Gasteiger partial charge on any atom is 0.360 e. The summed E-state index contributed by atoms with van der Waals surface area (Å²) in [6.45, 7) is 1.04. The van der Waals surface area contributed by atoms with Gasteiger partial charge < -0.3 is 28.5 Å². The Morgan fingerprint density at radius 2 is 1.34 bits per heavy atom. The first kappa shape index (κ1) is 24.9. The third kappa shape index (κ3) is 7.12. The number of rotatable bonds is 8. The lowest BCUT2D eigenvalue weighted by Gasteiger charge is -2.13. The molecular formula is C23H24N6O6. The SMILES string of the molecule is CN(Cc1ccccn1)c1nc(C(=O)O)co1.COC(=O)c1coc(N(C)Cc2ccccn2)n1. The molecule has 0 aliphatic rings. The van der Waals surface area contributed by atoms with Gasteiger partial charge in [0.1, 0.15) is 12.5 Å². The van der Waals surface area contributed by atoms with E-state index in [0.29, 0.717) is 19.1 Å². The lowest BCUT2D eigenvalue weighted by molar-refractivity contribution is 0.0593. The van der Waals surface area contributed by atoms with Gasteiger partial charge in [0, 0.05) is 26.5 Å². The molecule has 12 nitrogen and oxygen atoms in total. The number of hydrogen-bond donors (Lipinski definition) is 1. The van der Waals surface area contributed by atoms with Crippen LogP contribution in [0.3, 0.4) is 0 Å². The van der Waals surface area contributed by atoms with E-state index in [1.54, 1.807) is 29.2 Å². The van der Waals surface area contributed by atoms with Crippen LogP contribution < -0.4 is 9.80 Å². The van der Waals surface area contributed by atoms with Crippen LogP contribution in [0.5, 0.6) is 0 Å². The van der Waals surface area contributed by atoms with E-state index in [2.05, 4.69) is 24.7 Å². The number of carboxylic acids is 1. The molecule has 0 amide bonds. The predicted molar refractivity (Wildman–Crippen MR) is 124 cm³/mol. The Balaban J connectivity index is 0.000000196. The molecule has 0 aromatic carbocycles. The van der Waals surface area contributed by atoms with Crippen molar-refractivity contribution in [3.63, 3.8) is 0 Å². The molecule has 0 unspecified atom stereocenters. The van der Waals surface area contributed by atoms with Gasteiger partial charge >= 0.3 is 11.9 Å². The van der Waals surface area contributed by atoms with Crippen LogP contribution in [0.1, 0.15) is 32.4 Å². The summed E-state index contributed by atoms with van der Waals surface area (Å²) >= 11 is 0. The van der Waals surface area contributed by atoms with Crippen LogP contribution in [0.4, 0.5) is 12.0 Å². The second-order valence-electron chi connectivity index (χ2n) is 7.18. The quantitative estimate of drug-likeness (QED) is 0.370. The number of carbonyl (C=O) groups is 2. The number of oxazole rings is 2. The minimum Gasteiger partial charge on any atom is -0.476 e. The van der Waals surface area contributed by atoms with E-state index < -0.39 is 11.9 Å². The summed E-state index contributed by atoms with van der Waals surface area (Å²) in [5, 5.41) is 8.72. The Morgan fingerprint density at radius 1 is 0.857 bits per heavy atom. The molecule has 4 aromatic rings. The molecule has 0 aliphatic carbocycles. The Morgan fingerprint density at radius 3 is 1.74 bits per heavy atom. The van der Waals surface area contributed by atoms with Gasteiger partial charge in [-0.1, -0.05) is 12.1 Å². The summed E-state index contributed by atoms with van der Waals surface area (Å²) in [5.74, 6) is -1.62. The molecule has 0 fully saturated rings. The van der Waals surface area contributed by atoms with Gasteiger partial charge in [-0.25, -0.2) is 9.59 Å². The number of anilines is 2. The predicted octanol–water partition coefficient (Wildman–Crippen LogP) is 2.90. The van der Waals surface area contributed by atoms with Crippen molar-refractivity contribution in [3.8, 4) is 0 Å². The van der Waals surface area contributed by atoms with Crippen molar-refractivity contribution >= 4 is 24.0 Å². The Kier molecular flexibility index (Phi) is 8.48. The van der Waals surface area contributed by atoms with Crippen molar-refractivity contribution in [2.75, 3.05) is 31.0 Å². The lowest BCUT2D eigenvalue weighted by Crippen LogP contribution is -2.17. The van der Waals surface area contributed by atoms with E-state index in [4.69, 9.17) is 13.9 Å². The molecule has 12 heteroatoms. The number of methoxy groups -OCH3 is 1. The Hall–Kier alpha value is -4.74. The summed E-state index contributed by atoms with van der Waals surface area (Å²) in [7, 11) is 4.86. The third-order valence-corrected chi connectivity index (χ3v) is 4.50. The molecule has 4 rings (SSSR count). The van der Waals surface area contributed by atoms with Crippen molar-refractivity contribution in [2.45, 2.75) is 13.1 Å². The minimum absolute atomic E-state index is 0.104. The van der Waals surface area contributed by atoms with E-state index >= 15 is 0 Å². The summed E-state index contributed by atoms with van der Waals surface area (Å²) < 4.78 is 14.8. The van der Waals surface area contributed by atoms with Crippen molar-refractivity contribution in [1.29, 1.82) is 0 Å². The second-order valence-corrected chi connectivity index (χ2v) is 7.18. The normalized spacial score (nSPS) is 10.1. The van der Waals surface area contributed by atoms with Crippen LogP contribution in [0.2, 0.25) is 0 Å². The van der Waals surface area contributed by atoms with Gasteiger partial charge in [-0.15, -0.1) is 0 Å². The number of nitrogens with zero attached hydrogens (tertiary/aromatic N) is 6. The molecule has 0 saturated carbocycles. The zero-order valence-corrected chi connectivity index (χ0v) is 19.4. The van der Waals surface area contributed by atoms with Crippen LogP contribution in [-0.2, 0) is 17.8 Å². The van der Waals surface area contributed by atoms with E-state index in [0.717, 1.165) is 17.7 Å². The van der Waals surface area contributed by atoms with Gasteiger partial charge in [0.25, 0.3) is 12.0 Å². The zero-order chi connectivity index (χ0) is 25.2. The summed E-state index contributed by atoms with van der Waals surface area (Å²) in [4.78, 5) is 41.6. The first-order chi connectivity index (χ1) is 16.9. The largest absolute Gasteiger partial charge is 0.476 e. The first-order valence-electron chi connectivity index (χ1n) is 10.3. The third-order valence-electron chi connectivity index (χ3n) is 4.50. The molecule has 35 heavy (non-hydrogen) atoms. The number of carboxylic acid groups (broad SMARTS) is 1. The summed E-state index contributed by atoms with van der Waals surface area (Å²) in [5.41, 5.74) is 1.79. The van der Waals surface area contributed by atoms with Gasteiger partial charge in [-0.3, -0.25) is 9.97 Å². The fourth-order valence-corrected chi connectivity index (χ4v) is 2.78. The van der Waals surface area contributed by atoms with Gasteiger partial charge in [-0.2, -0.15) is 9.97 Å². The topological polar surface area (TPSA) is 148 Å². The molecular weight excluding hydrogens is 456 g/mol. The lowest BCUT2D eigenvalue weighted by atomic mass is 10.3. The molecule has 0 saturated heterocycles. The molecule has 1 N–H and O–H groups in total. The smallest absolute Gasteiger partial charge is 0.360 e. The highest BCUT2D eigenvalue weighted by molar-refractivity contribution is 5.87. The number of esters is 1. The number of aromatic nitrogens is 4. The molecule has 4 heterocycles. The number of aromatic carboxylic acids is 1. The van der Waals surface area contributed by atoms with Gasteiger partial charge in [-0.05, 0) is 24.3 Å². The number of carbonyl (C=O) groups excluding carboxylic acids is 1. The Labute approximate surface area is 200 Å². The van der Waals surface area contributed by atoms with E-state index in [9.17, 15) is 9.59 Å². The molecule has 4 aromatic heterocycles. The Bertz CT molecular complexity index is 1230. The molecule has 0 bridgehead atoms. The van der Waals surface area contributed by atoms with E-state index in [1.165, 1.54) is 13.4 Å². The molecule has 0 atom stereocenters. The van der Waals surface area contributed by atoms with Crippen LogP contribution in [-0.4, -0.2) is 58.2 Å². The maximum atomic E-state index is 11.2. The van der Waals surface area contributed by atoms with Crippen molar-refractivity contribution in [3.05, 3.63) is 84.1 Å². The molecule has 0 aliphatic heterocycles. The fourth-order valence-electron chi connectivity index (χ4n) is 2.78. The molecule has 182 valence electrons. The first-order valence-corrected chi connectivity index (χ1v) is 10.3. The fraction of sp³-hybridized carbons (Fsp3) is 0.217. The van der Waals surface area contributed by atoms with Gasteiger partial charge in [0.05, 0.1) is 31.6 Å². The van der Waals surface area contributed by atoms with Crippen LogP contribution in [0.25, 0.3) is 0 Å². The van der Waals surface area contributed by atoms with Crippen molar-refractivity contribution in [1.82, 2.24) is 19.9 Å². The van der Waals surface area contributed by atoms with Crippen LogP contribution in [0.15, 0.2) is 70.2 Å². The highest BCUT2D eigenvalue weighted by Gasteiger charge is 2.16. The highest BCUT2D eigenvalue weighted by Crippen LogP contribution is 2.15. The van der Waals surface area contributed by atoms with E-state index in [1.807, 2.05) is 43.4 Å². The van der Waals surface area contributed by atoms with Crippen LogP contribution >= 0.6 is 0 Å². The zero-order valence-electron chi connectivity index (χ0n) is 19.4. The average molecular weight is 480 g/mol. The molecule has 0 spiro atoms. The average Bonchev–Trinajstić information content (AvgIpc) is 3.56. The van der Waals surface area contributed by atoms with Crippen molar-refractivity contribution < 1.29 is 28.3 Å².